The van der Waals surface area contributed by atoms with E-state index in [-0.39, 0.29) is 0 Å². The summed E-state index contributed by atoms with van der Waals surface area (Å²) in [6.45, 7) is 17.2. The van der Waals surface area contributed by atoms with Gasteiger partial charge in [0.15, 0.2) is 0 Å². The molecule has 18 heavy (non-hydrogen) atoms. The molecule has 0 amide bonds. The molecule has 1 fully saturated rings. The first-order valence-corrected chi connectivity index (χ1v) is 8.15. The summed E-state index contributed by atoms with van der Waals surface area (Å²) in [5.41, 5.74) is 1.53. The second-order valence-electron chi connectivity index (χ2n) is 8.42. The van der Waals surface area contributed by atoms with Gasteiger partial charge in [-0.05, 0) is 41.4 Å². The van der Waals surface area contributed by atoms with Crippen LogP contribution in [0.15, 0.2) is 0 Å². The predicted molar refractivity (Wildman–Crippen MR) is 82.8 cm³/mol. The van der Waals surface area contributed by atoms with Gasteiger partial charge in [-0.25, -0.2) is 0 Å². The molecule has 0 saturated heterocycles. The Labute approximate surface area is 116 Å². The molecular weight excluding hydrogens is 216 g/mol. The molecule has 0 aromatic rings. The zero-order valence-electron chi connectivity index (χ0n) is 14.0. The zero-order chi connectivity index (χ0) is 14.0. The summed E-state index contributed by atoms with van der Waals surface area (Å²) >= 11 is 0. The molecule has 0 aromatic heterocycles. The van der Waals surface area contributed by atoms with E-state index >= 15 is 0 Å². The van der Waals surface area contributed by atoms with Gasteiger partial charge in [-0.2, -0.15) is 0 Å². The van der Waals surface area contributed by atoms with E-state index < -0.39 is 0 Å². The van der Waals surface area contributed by atoms with E-state index in [4.69, 9.17) is 0 Å². The van der Waals surface area contributed by atoms with Crippen molar-refractivity contribution in [2.75, 3.05) is 0 Å². The second-order valence-corrected chi connectivity index (χ2v) is 8.42. The maximum atomic E-state index is 2.55. The van der Waals surface area contributed by atoms with Gasteiger partial charge in [-0.3, -0.25) is 0 Å². The van der Waals surface area contributed by atoms with Crippen molar-refractivity contribution in [3.8, 4) is 0 Å². The Balaban J connectivity index is 2.63. The summed E-state index contributed by atoms with van der Waals surface area (Å²) < 4.78 is 0. The summed E-state index contributed by atoms with van der Waals surface area (Å²) in [5, 5.41) is 0. The van der Waals surface area contributed by atoms with Crippen LogP contribution in [0.4, 0.5) is 0 Å². The Kier molecular flexibility index (Phi) is 4.95. The lowest BCUT2D eigenvalue weighted by molar-refractivity contribution is 0.0453. The molecule has 0 spiro atoms. The van der Waals surface area contributed by atoms with Crippen LogP contribution in [0.1, 0.15) is 93.4 Å². The van der Waals surface area contributed by atoms with Crippen LogP contribution in [0.2, 0.25) is 0 Å². The molecule has 0 aromatic carbocycles. The third kappa shape index (κ3) is 3.31. The molecule has 0 bridgehead atoms. The highest BCUT2D eigenvalue weighted by atomic mass is 14.4. The van der Waals surface area contributed by atoms with Crippen molar-refractivity contribution in [1.29, 1.82) is 0 Å². The van der Waals surface area contributed by atoms with Crippen molar-refractivity contribution >= 4 is 0 Å². The van der Waals surface area contributed by atoms with Gasteiger partial charge in [0.2, 0.25) is 0 Å². The largest absolute Gasteiger partial charge is 0.0649 e. The van der Waals surface area contributed by atoms with Gasteiger partial charge < -0.3 is 0 Å². The first kappa shape index (κ1) is 16.1. The van der Waals surface area contributed by atoms with Crippen LogP contribution in [0, 0.1) is 22.2 Å². The molecule has 0 radical (unpaired) electrons. The Morgan fingerprint density at radius 2 is 1.67 bits per heavy atom. The molecule has 0 nitrogen and oxygen atoms in total. The summed E-state index contributed by atoms with van der Waals surface area (Å²) in [6.07, 6.45) is 9.91. The monoisotopic (exact) mass is 252 g/mol. The molecule has 1 saturated carbocycles. The van der Waals surface area contributed by atoms with E-state index in [1.807, 2.05) is 0 Å². The zero-order valence-corrected chi connectivity index (χ0v) is 14.0. The van der Waals surface area contributed by atoms with Crippen molar-refractivity contribution in [1.82, 2.24) is 0 Å². The third-order valence-corrected chi connectivity index (χ3v) is 6.86. The van der Waals surface area contributed by atoms with Crippen LogP contribution in [-0.4, -0.2) is 0 Å². The highest BCUT2D eigenvalue weighted by molar-refractivity contribution is 4.90. The lowest BCUT2D eigenvalue weighted by Crippen LogP contribution is -2.36. The average Bonchev–Trinajstić information content (AvgIpc) is 2.31. The van der Waals surface area contributed by atoms with E-state index in [1.54, 1.807) is 0 Å². The molecule has 1 aliphatic carbocycles. The van der Waals surface area contributed by atoms with Crippen LogP contribution >= 0.6 is 0 Å². The lowest BCUT2D eigenvalue weighted by atomic mass is 9.59. The lowest BCUT2D eigenvalue weighted by Gasteiger charge is -2.46. The Morgan fingerprint density at radius 1 is 1.06 bits per heavy atom. The number of hydrogen-bond donors (Lipinski definition) is 0. The quantitative estimate of drug-likeness (QED) is 0.528. The minimum atomic E-state index is 0.460. The van der Waals surface area contributed by atoms with Crippen molar-refractivity contribution in [2.24, 2.45) is 22.2 Å². The summed E-state index contributed by atoms with van der Waals surface area (Å²) in [5.74, 6) is 0.923. The van der Waals surface area contributed by atoms with Gasteiger partial charge >= 0.3 is 0 Å². The molecule has 2 unspecified atom stereocenters. The highest BCUT2D eigenvalue weighted by Gasteiger charge is 2.39. The fourth-order valence-corrected chi connectivity index (χ4v) is 3.36. The van der Waals surface area contributed by atoms with E-state index in [9.17, 15) is 0 Å². The van der Waals surface area contributed by atoms with Gasteiger partial charge in [0, 0.05) is 0 Å². The maximum absolute atomic E-state index is 2.55. The molecule has 108 valence electrons. The topological polar surface area (TPSA) is 0 Å². The molecule has 0 aliphatic heterocycles. The van der Waals surface area contributed by atoms with Crippen molar-refractivity contribution in [2.45, 2.75) is 93.4 Å². The van der Waals surface area contributed by atoms with E-state index in [0.717, 1.165) is 5.92 Å². The van der Waals surface area contributed by atoms with Crippen LogP contribution in [-0.2, 0) is 0 Å². The molecule has 1 rings (SSSR count). The maximum Gasteiger partial charge on any atom is -0.0300 e. The van der Waals surface area contributed by atoms with E-state index in [0.29, 0.717) is 16.2 Å². The number of rotatable bonds is 5. The second kappa shape index (κ2) is 5.55. The Bertz CT molecular complexity index is 256. The van der Waals surface area contributed by atoms with Gasteiger partial charge in [-0.1, -0.05) is 74.1 Å². The summed E-state index contributed by atoms with van der Waals surface area (Å²) in [4.78, 5) is 0. The van der Waals surface area contributed by atoms with Crippen molar-refractivity contribution < 1.29 is 0 Å². The van der Waals surface area contributed by atoms with Gasteiger partial charge in [0.05, 0.1) is 0 Å². The predicted octanol–water partition coefficient (Wildman–Crippen LogP) is 6.45. The Hall–Kier alpha value is 0. The Morgan fingerprint density at radius 3 is 2.17 bits per heavy atom. The third-order valence-electron chi connectivity index (χ3n) is 6.86. The molecule has 0 heteroatoms. The molecule has 1 aliphatic rings. The number of hydrogen-bond acceptors (Lipinski definition) is 0. The fraction of sp³-hybridized carbons (Fsp3) is 1.00. The summed E-state index contributed by atoms with van der Waals surface area (Å²) in [7, 11) is 0. The van der Waals surface area contributed by atoms with Crippen molar-refractivity contribution in [3.63, 3.8) is 0 Å². The van der Waals surface area contributed by atoms with Crippen LogP contribution in [0.5, 0.6) is 0 Å². The van der Waals surface area contributed by atoms with E-state index in [2.05, 4.69) is 48.5 Å². The van der Waals surface area contributed by atoms with Crippen molar-refractivity contribution in [3.05, 3.63) is 0 Å². The molecule has 2 atom stereocenters. The smallest absolute Gasteiger partial charge is 0.0300 e. The first-order chi connectivity index (χ1) is 8.15. The molecular formula is C18H36. The highest BCUT2D eigenvalue weighted by Crippen LogP contribution is 2.50. The summed E-state index contributed by atoms with van der Waals surface area (Å²) in [6, 6.07) is 0. The van der Waals surface area contributed by atoms with Crippen LogP contribution in [0.3, 0.4) is 0 Å². The van der Waals surface area contributed by atoms with Crippen LogP contribution in [0.25, 0.3) is 0 Å². The minimum Gasteiger partial charge on any atom is -0.0649 e. The fourth-order valence-electron chi connectivity index (χ4n) is 3.36. The van der Waals surface area contributed by atoms with Gasteiger partial charge in [0.1, 0.15) is 0 Å². The first-order valence-electron chi connectivity index (χ1n) is 8.15. The standard InChI is InChI=1S/C18H36/c1-8-16(3,4)17(5,6)13-14-18(7)12-10-9-11-15(18)2/h15H,8-14H2,1-7H3. The molecule has 0 heterocycles. The average molecular weight is 252 g/mol. The SMILES string of the molecule is CCC(C)(C)C(C)(C)CCC1(C)CCCCC1C. The van der Waals surface area contributed by atoms with Gasteiger partial charge in [0.25, 0.3) is 0 Å². The normalized spacial score (nSPS) is 30.5. The molecule has 0 N–H and O–H groups in total. The minimum absolute atomic E-state index is 0.460. The van der Waals surface area contributed by atoms with Crippen LogP contribution < -0.4 is 0 Å². The van der Waals surface area contributed by atoms with E-state index in [1.165, 1.54) is 44.9 Å². The van der Waals surface area contributed by atoms with Gasteiger partial charge in [-0.15, -0.1) is 0 Å².